The Hall–Kier alpha value is -0.810. The summed E-state index contributed by atoms with van der Waals surface area (Å²) in [6, 6.07) is 0. The quantitative estimate of drug-likeness (QED) is 0.682. The first kappa shape index (κ1) is 13.6. The molecule has 5 heteroatoms. The van der Waals surface area contributed by atoms with E-state index in [0.29, 0.717) is 39.6 Å². The molecule has 0 unspecified atom stereocenters. The highest BCUT2D eigenvalue weighted by Crippen LogP contribution is 2.33. The van der Waals surface area contributed by atoms with E-state index >= 15 is 0 Å². The fourth-order valence-corrected chi connectivity index (χ4v) is 2.03. The maximum atomic E-state index is 11.5. The lowest BCUT2D eigenvalue weighted by Crippen LogP contribution is -2.47. The van der Waals surface area contributed by atoms with E-state index in [4.69, 9.17) is 18.9 Å². The maximum Gasteiger partial charge on any atom is 0.508 e. The van der Waals surface area contributed by atoms with Crippen LogP contribution in [0.1, 0.15) is 26.7 Å². The maximum absolute atomic E-state index is 11.5. The molecule has 0 amide bonds. The summed E-state index contributed by atoms with van der Waals surface area (Å²) in [4.78, 5) is 11.5. The monoisotopic (exact) mass is 258 g/mol. The summed E-state index contributed by atoms with van der Waals surface area (Å²) in [5.74, 6) is 0. The topological polar surface area (TPSA) is 54.0 Å². The number of ether oxygens (including phenoxy) is 4. The van der Waals surface area contributed by atoms with Crippen LogP contribution < -0.4 is 0 Å². The normalized spacial score (nSPS) is 23.7. The van der Waals surface area contributed by atoms with Crippen LogP contribution in [-0.2, 0) is 18.9 Å². The van der Waals surface area contributed by atoms with Gasteiger partial charge in [-0.2, -0.15) is 0 Å². The number of hydrogen-bond acceptors (Lipinski definition) is 5. The molecular weight excluding hydrogens is 236 g/mol. The van der Waals surface area contributed by atoms with Gasteiger partial charge in [-0.15, -0.1) is 0 Å². The molecule has 2 heterocycles. The van der Waals surface area contributed by atoms with Crippen molar-refractivity contribution in [1.29, 1.82) is 0 Å². The predicted molar refractivity (Wildman–Crippen MR) is 64.4 cm³/mol. The van der Waals surface area contributed by atoms with Crippen molar-refractivity contribution in [3.05, 3.63) is 0 Å². The number of hydrogen-bond donors (Lipinski definition) is 0. The number of rotatable bonds is 6. The molecule has 0 spiro atoms. The predicted octanol–water partition coefficient (Wildman–Crippen LogP) is 1.99. The third kappa shape index (κ3) is 2.78. The zero-order valence-electron chi connectivity index (χ0n) is 11.2. The van der Waals surface area contributed by atoms with Crippen LogP contribution in [0.25, 0.3) is 0 Å². The first-order valence-electron chi connectivity index (χ1n) is 6.59. The van der Waals surface area contributed by atoms with Crippen LogP contribution in [0, 0.1) is 10.8 Å². The fraction of sp³-hybridized carbons (Fsp3) is 0.923. The zero-order chi connectivity index (χ0) is 13.1. The van der Waals surface area contributed by atoms with Gasteiger partial charge in [0.25, 0.3) is 0 Å². The van der Waals surface area contributed by atoms with E-state index in [1.165, 1.54) is 0 Å². The van der Waals surface area contributed by atoms with Crippen LogP contribution in [0.5, 0.6) is 0 Å². The summed E-state index contributed by atoms with van der Waals surface area (Å²) in [5.41, 5.74) is 0.0298. The highest BCUT2D eigenvalue weighted by molar-refractivity contribution is 5.59. The number of carbonyl (C=O) groups is 1. The summed E-state index contributed by atoms with van der Waals surface area (Å²) in [7, 11) is 0. The lowest BCUT2D eigenvalue weighted by molar-refractivity contribution is -0.157. The van der Waals surface area contributed by atoms with Crippen LogP contribution in [0.4, 0.5) is 4.79 Å². The zero-order valence-corrected chi connectivity index (χ0v) is 11.2. The Morgan fingerprint density at radius 1 is 0.944 bits per heavy atom. The molecule has 2 aliphatic heterocycles. The molecule has 0 aliphatic carbocycles. The van der Waals surface area contributed by atoms with Crippen LogP contribution in [0.2, 0.25) is 0 Å². The summed E-state index contributed by atoms with van der Waals surface area (Å²) in [5, 5.41) is 0. The van der Waals surface area contributed by atoms with Crippen LogP contribution >= 0.6 is 0 Å². The Bertz CT molecular complexity index is 255. The number of carbonyl (C=O) groups excluding carboxylic acids is 1. The molecule has 0 aromatic carbocycles. The second kappa shape index (κ2) is 5.45. The Balaban J connectivity index is 1.66. The van der Waals surface area contributed by atoms with E-state index in [1.54, 1.807) is 0 Å². The minimum absolute atomic E-state index is 0.0149. The lowest BCUT2D eigenvalue weighted by atomic mass is 9.84. The van der Waals surface area contributed by atoms with E-state index in [1.807, 2.05) is 0 Å². The summed E-state index contributed by atoms with van der Waals surface area (Å²) < 4.78 is 20.7. The molecule has 2 fully saturated rings. The van der Waals surface area contributed by atoms with E-state index in [-0.39, 0.29) is 10.8 Å². The molecule has 2 saturated heterocycles. The van der Waals surface area contributed by atoms with E-state index in [9.17, 15) is 4.79 Å². The Morgan fingerprint density at radius 2 is 1.33 bits per heavy atom. The van der Waals surface area contributed by atoms with E-state index < -0.39 is 6.16 Å². The van der Waals surface area contributed by atoms with Crippen molar-refractivity contribution in [2.45, 2.75) is 26.7 Å². The van der Waals surface area contributed by atoms with E-state index in [2.05, 4.69) is 13.8 Å². The van der Waals surface area contributed by atoms with Crippen molar-refractivity contribution in [1.82, 2.24) is 0 Å². The second-order valence-electron chi connectivity index (χ2n) is 5.52. The van der Waals surface area contributed by atoms with Gasteiger partial charge in [0.1, 0.15) is 13.2 Å². The summed E-state index contributed by atoms with van der Waals surface area (Å²) in [6.45, 7) is 7.61. The van der Waals surface area contributed by atoms with Gasteiger partial charge in [0.05, 0.1) is 37.3 Å². The van der Waals surface area contributed by atoms with Gasteiger partial charge in [0, 0.05) is 0 Å². The highest BCUT2D eigenvalue weighted by atomic mass is 16.7. The van der Waals surface area contributed by atoms with Gasteiger partial charge in [0.15, 0.2) is 0 Å². The van der Waals surface area contributed by atoms with Crippen LogP contribution in [-0.4, -0.2) is 45.8 Å². The first-order chi connectivity index (χ1) is 8.64. The standard InChI is InChI=1S/C13H22O5/c1-3-12(5-15-6-12)9-17-11(14)18-10-13(4-2)7-16-8-13/h3-10H2,1-2H3. The van der Waals surface area contributed by atoms with Gasteiger partial charge in [-0.05, 0) is 12.8 Å². The molecule has 0 bridgehead atoms. The molecule has 0 saturated carbocycles. The van der Waals surface area contributed by atoms with Crippen molar-refractivity contribution in [3.8, 4) is 0 Å². The Labute approximate surface area is 108 Å². The second-order valence-corrected chi connectivity index (χ2v) is 5.52. The first-order valence-corrected chi connectivity index (χ1v) is 6.59. The molecular formula is C13H22O5. The van der Waals surface area contributed by atoms with Gasteiger partial charge in [-0.1, -0.05) is 13.8 Å². The summed E-state index contributed by atoms with van der Waals surface area (Å²) in [6.07, 6.45) is 1.33. The Morgan fingerprint density at radius 3 is 1.56 bits per heavy atom. The average Bonchev–Trinajstić information content (AvgIpc) is 2.27. The lowest BCUT2D eigenvalue weighted by Gasteiger charge is -2.41. The highest BCUT2D eigenvalue weighted by Gasteiger charge is 2.40. The molecule has 0 N–H and O–H groups in total. The van der Waals surface area contributed by atoms with Gasteiger partial charge in [0.2, 0.25) is 0 Å². The van der Waals surface area contributed by atoms with Crippen molar-refractivity contribution in [2.75, 3.05) is 39.6 Å². The molecule has 18 heavy (non-hydrogen) atoms. The van der Waals surface area contributed by atoms with Gasteiger partial charge in [-0.3, -0.25) is 0 Å². The molecule has 0 aromatic rings. The van der Waals surface area contributed by atoms with Crippen molar-refractivity contribution in [3.63, 3.8) is 0 Å². The Kier molecular flexibility index (Phi) is 4.12. The molecule has 0 radical (unpaired) electrons. The van der Waals surface area contributed by atoms with Crippen molar-refractivity contribution < 1.29 is 23.7 Å². The summed E-state index contributed by atoms with van der Waals surface area (Å²) >= 11 is 0. The smallest absolute Gasteiger partial charge is 0.434 e. The van der Waals surface area contributed by atoms with Crippen LogP contribution in [0.3, 0.4) is 0 Å². The van der Waals surface area contributed by atoms with E-state index in [0.717, 1.165) is 12.8 Å². The van der Waals surface area contributed by atoms with Gasteiger partial charge in [-0.25, -0.2) is 4.79 Å². The molecule has 104 valence electrons. The van der Waals surface area contributed by atoms with Crippen LogP contribution in [0.15, 0.2) is 0 Å². The third-order valence-electron chi connectivity index (χ3n) is 4.13. The SMILES string of the molecule is CCC1(COC(=O)OCC2(CC)COC2)COC1. The largest absolute Gasteiger partial charge is 0.508 e. The van der Waals surface area contributed by atoms with Gasteiger partial charge >= 0.3 is 6.16 Å². The molecule has 5 nitrogen and oxygen atoms in total. The average molecular weight is 258 g/mol. The molecule has 0 aromatic heterocycles. The minimum Gasteiger partial charge on any atom is -0.434 e. The minimum atomic E-state index is -0.575. The van der Waals surface area contributed by atoms with Gasteiger partial charge < -0.3 is 18.9 Å². The van der Waals surface area contributed by atoms with Crippen molar-refractivity contribution >= 4 is 6.16 Å². The molecule has 2 rings (SSSR count). The van der Waals surface area contributed by atoms with Crippen molar-refractivity contribution in [2.24, 2.45) is 10.8 Å². The third-order valence-corrected chi connectivity index (χ3v) is 4.13. The molecule has 2 aliphatic rings. The fourth-order valence-electron chi connectivity index (χ4n) is 2.03. The molecule has 0 atom stereocenters.